The van der Waals surface area contributed by atoms with Gasteiger partial charge in [0.25, 0.3) is 5.69 Å². The summed E-state index contributed by atoms with van der Waals surface area (Å²) >= 11 is 7.23. The van der Waals surface area contributed by atoms with Crippen LogP contribution in [-0.4, -0.2) is 15.6 Å². The lowest BCUT2D eigenvalue weighted by Gasteiger charge is -2.38. The lowest BCUT2D eigenvalue weighted by atomic mass is 9.95. The third kappa shape index (κ3) is 3.58. The summed E-state index contributed by atoms with van der Waals surface area (Å²) in [6.07, 6.45) is 0.107. The summed E-state index contributed by atoms with van der Waals surface area (Å²) in [7, 11) is 0. The minimum Gasteiger partial charge on any atom is -0.463 e. The van der Waals surface area contributed by atoms with Gasteiger partial charge in [-0.25, -0.2) is 5.01 Å². The highest BCUT2D eigenvalue weighted by Crippen LogP contribution is 2.51. The Bertz CT molecular complexity index is 1500. The fourth-order valence-electron chi connectivity index (χ4n) is 4.67. The molecule has 2 aliphatic rings. The number of nitro benzene ring substituents is 1. The van der Waals surface area contributed by atoms with E-state index in [1.165, 1.54) is 11.5 Å². The predicted molar refractivity (Wildman–Crippen MR) is 138 cm³/mol. The van der Waals surface area contributed by atoms with Crippen molar-refractivity contribution in [2.75, 3.05) is 0 Å². The molecule has 0 spiro atoms. The van der Waals surface area contributed by atoms with E-state index in [0.717, 1.165) is 36.9 Å². The van der Waals surface area contributed by atoms with Crippen LogP contribution in [0.2, 0.25) is 0 Å². The zero-order valence-corrected chi connectivity index (χ0v) is 20.9. The Morgan fingerprint density at radius 2 is 1.79 bits per heavy atom. The summed E-state index contributed by atoms with van der Waals surface area (Å²) in [4.78, 5) is 11.0. The second-order valence-electron chi connectivity index (χ2n) is 8.34. The summed E-state index contributed by atoms with van der Waals surface area (Å²) in [5.41, 5.74) is 3.74. The van der Waals surface area contributed by atoms with Gasteiger partial charge in [0.05, 0.1) is 21.1 Å². The van der Waals surface area contributed by atoms with Crippen LogP contribution in [0.25, 0.3) is 10.8 Å². The molecule has 34 heavy (non-hydrogen) atoms. The quantitative estimate of drug-likeness (QED) is 0.186. The smallest absolute Gasteiger partial charge is 0.269 e. The highest BCUT2D eigenvalue weighted by molar-refractivity contribution is 9.11. The number of non-ortho nitro benzene ring substituents is 1. The van der Waals surface area contributed by atoms with Crippen LogP contribution in [0.3, 0.4) is 0 Å². The first-order chi connectivity index (χ1) is 16.5. The van der Waals surface area contributed by atoms with E-state index in [4.69, 9.17) is 9.84 Å². The van der Waals surface area contributed by atoms with Crippen molar-refractivity contribution in [1.29, 1.82) is 0 Å². The van der Waals surface area contributed by atoms with E-state index in [2.05, 4.69) is 68.3 Å². The summed E-state index contributed by atoms with van der Waals surface area (Å²) in [5.74, 6) is 0.732. The molecule has 8 heteroatoms. The zero-order valence-electron chi connectivity index (χ0n) is 17.7. The zero-order chi connectivity index (χ0) is 23.4. The van der Waals surface area contributed by atoms with Crippen LogP contribution in [0, 0.1) is 10.1 Å². The van der Waals surface area contributed by atoms with Gasteiger partial charge in [-0.3, -0.25) is 10.1 Å². The largest absolute Gasteiger partial charge is 0.463 e. The number of hydrogen-bond acceptors (Lipinski definition) is 5. The number of nitro groups is 1. The molecule has 6 nitrogen and oxygen atoms in total. The van der Waals surface area contributed by atoms with E-state index in [-0.39, 0.29) is 11.7 Å². The Labute approximate surface area is 212 Å². The summed E-state index contributed by atoms with van der Waals surface area (Å²) < 4.78 is 8.20. The second kappa shape index (κ2) is 8.21. The van der Waals surface area contributed by atoms with Crippen LogP contribution in [0.1, 0.15) is 35.4 Å². The molecule has 2 heterocycles. The molecule has 0 unspecified atom stereocenters. The molecule has 0 amide bonds. The molecular formula is C26H17Br2N3O3. The van der Waals surface area contributed by atoms with Gasteiger partial charge < -0.3 is 4.74 Å². The van der Waals surface area contributed by atoms with Crippen molar-refractivity contribution < 1.29 is 9.66 Å². The van der Waals surface area contributed by atoms with Crippen LogP contribution in [0.4, 0.5) is 5.69 Å². The van der Waals surface area contributed by atoms with E-state index in [1.807, 2.05) is 29.3 Å². The first kappa shape index (κ1) is 21.3. The Morgan fingerprint density at radius 1 is 0.971 bits per heavy atom. The lowest BCUT2D eigenvalue weighted by molar-refractivity contribution is -0.385. The van der Waals surface area contributed by atoms with Gasteiger partial charge >= 0.3 is 0 Å². The third-order valence-electron chi connectivity index (χ3n) is 6.26. The van der Waals surface area contributed by atoms with Gasteiger partial charge in [0, 0.05) is 34.2 Å². The monoisotopic (exact) mass is 577 g/mol. The number of hydrogen-bond donors (Lipinski definition) is 0. The number of ether oxygens (including phenoxy) is 1. The first-order valence-electron chi connectivity index (χ1n) is 10.7. The number of nitrogens with zero attached hydrogens (tertiary/aromatic N) is 3. The maximum atomic E-state index is 11.4. The standard InChI is InChI=1S/C26H17Br2N3O3/c27-19-12-21-24-14-23(17-9-8-15-4-1-2-5-16(15)10-17)29-30(24)26(34-25(21)22(28)13-19)18-6-3-7-20(11-18)31(32)33/h1-13,24,26H,14H2/t24-,26+/m0/s1. The van der Waals surface area contributed by atoms with E-state index >= 15 is 0 Å². The molecule has 0 fully saturated rings. The van der Waals surface area contributed by atoms with Gasteiger partial charge in [0.1, 0.15) is 5.75 Å². The molecule has 0 saturated heterocycles. The number of benzene rings is 4. The second-order valence-corrected chi connectivity index (χ2v) is 10.1. The van der Waals surface area contributed by atoms with Gasteiger partial charge in [-0.2, -0.15) is 5.10 Å². The molecule has 0 aliphatic carbocycles. The van der Waals surface area contributed by atoms with Crippen molar-refractivity contribution in [2.24, 2.45) is 5.10 Å². The van der Waals surface area contributed by atoms with Crippen LogP contribution in [0.15, 0.2) is 92.9 Å². The SMILES string of the molecule is O=[N+]([O-])c1cccc([C@H]2Oc3c(Br)cc(Br)cc3[C@@H]3CC(c4ccc5ccccc5c4)=NN23)c1. The Kier molecular flexibility index (Phi) is 5.15. The van der Waals surface area contributed by atoms with Crippen LogP contribution >= 0.6 is 31.9 Å². The average Bonchev–Trinajstić information content (AvgIpc) is 3.29. The van der Waals surface area contributed by atoms with Crippen LogP contribution in [0.5, 0.6) is 5.75 Å². The maximum absolute atomic E-state index is 11.4. The molecule has 0 bridgehead atoms. The van der Waals surface area contributed by atoms with E-state index in [0.29, 0.717) is 12.0 Å². The topological polar surface area (TPSA) is 68.0 Å². The summed E-state index contributed by atoms with van der Waals surface area (Å²) in [5, 5.41) is 20.7. The molecule has 2 atom stereocenters. The molecule has 0 aromatic heterocycles. The number of halogens is 2. The van der Waals surface area contributed by atoms with Crippen molar-refractivity contribution in [3.63, 3.8) is 0 Å². The van der Waals surface area contributed by atoms with E-state index in [9.17, 15) is 10.1 Å². The summed E-state index contributed by atoms with van der Waals surface area (Å²) in [6.45, 7) is 0. The predicted octanol–water partition coefficient (Wildman–Crippen LogP) is 7.52. The van der Waals surface area contributed by atoms with E-state index in [1.54, 1.807) is 12.1 Å². The van der Waals surface area contributed by atoms with Crippen molar-refractivity contribution in [2.45, 2.75) is 18.7 Å². The normalized spacial score (nSPS) is 18.8. The van der Waals surface area contributed by atoms with E-state index < -0.39 is 11.2 Å². The molecule has 168 valence electrons. The van der Waals surface area contributed by atoms with Gasteiger partial charge in [0.2, 0.25) is 6.23 Å². The minimum absolute atomic E-state index is 0.0243. The molecule has 4 aromatic rings. The summed E-state index contributed by atoms with van der Waals surface area (Å²) in [6, 6.07) is 25.1. The van der Waals surface area contributed by atoms with Crippen LogP contribution in [-0.2, 0) is 0 Å². The molecule has 0 saturated carbocycles. The van der Waals surface area contributed by atoms with Gasteiger partial charge in [-0.05, 0) is 50.5 Å². The number of rotatable bonds is 3. The van der Waals surface area contributed by atoms with Crippen LogP contribution < -0.4 is 4.74 Å². The minimum atomic E-state index is -0.590. The number of hydrazone groups is 1. The van der Waals surface area contributed by atoms with Gasteiger partial charge in [-0.15, -0.1) is 0 Å². The van der Waals surface area contributed by atoms with Gasteiger partial charge in [-0.1, -0.05) is 64.5 Å². The van der Waals surface area contributed by atoms with Crippen molar-refractivity contribution in [1.82, 2.24) is 5.01 Å². The van der Waals surface area contributed by atoms with Crippen molar-refractivity contribution in [3.05, 3.63) is 115 Å². The van der Waals surface area contributed by atoms with Crippen molar-refractivity contribution >= 4 is 54.0 Å². The molecule has 0 N–H and O–H groups in total. The molecular weight excluding hydrogens is 562 g/mol. The molecule has 0 radical (unpaired) electrons. The fourth-order valence-corrected chi connectivity index (χ4v) is 6.02. The molecule has 2 aliphatic heterocycles. The Hall–Kier alpha value is -3.23. The maximum Gasteiger partial charge on any atom is 0.269 e. The molecule has 6 rings (SSSR count). The third-order valence-corrected chi connectivity index (χ3v) is 7.30. The Morgan fingerprint density at radius 3 is 2.62 bits per heavy atom. The number of fused-ring (bicyclic) bond motifs is 4. The average molecular weight is 579 g/mol. The Balaban J connectivity index is 1.48. The fraction of sp³-hybridized carbons (Fsp3) is 0.115. The molecule has 4 aromatic carbocycles. The highest BCUT2D eigenvalue weighted by atomic mass is 79.9. The first-order valence-corrected chi connectivity index (χ1v) is 12.3. The highest BCUT2D eigenvalue weighted by Gasteiger charge is 2.42. The van der Waals surface area contributed by atoms with Gasteiger partial charge in [0.15, 0.2) is 0 Å². The van der Waals surface area contributed by atoms with Crippen molar-refractivity contribution in [3.8, 4) is 5.75 Å². The lowest BCUT2D eigenvalue weighted by Crippen LogP contribution is -2.34.